The van der Waals surface area contributed by atoms with Gasteiger partial charge in [0.1, 0.15) is 23.8 Å². The molecular weight excluding hydrogens is 517 g/mol. The number of phosphoric acid groups is 3. The first-order valence-corrected chi connectivity index (χ1v) is 13.0. The molecule has 0 aromatic carbocycles. The van der Waals surface area contributed by atoms with Crippen molar-refractivity contribution in [2.75, 3.05) is 25.2 Å². The van der Waals surface area contributed by atoms with E-state index in [1.165, 1.54) is 18.0 Å². The largest absolute Gasteiger partial charge is 0.490 e. The number of nitrogens with two attached hydrogens (primary N) is 2. The maximum Gasteiger partial charge on any atom is 0.490 e. The molecule has 0 saturated carbocycles. The monoisotopic (exact) mass is 536 g/mol. The summed E-state index contributed by atoms with van der Waals surface area (Å²) >= 11 is 0. The minimum Gasteiger partial charge on any atom is -0.386 e. The first-order chi connectivity index (χ1) is 15.1. The van der Waals surface area contributed by atoms with Crippen LogP contribution in [0.15, 0.2) is 6.33 Å². The lowest BCUT2D eigenvalue weighted by molar-refractivity contribution is -0.0526. The Bertz CT molecular complexity index is 1170. The molecule has 19 nitrogen and oxygen atoms in total. The van der Waals surface area contributed by atoms with Crippen LogP contribution in [-0.2, 0) is 36.3 Å². The van der Waals surface area contributed by atoms with Crippen molar-refractivity contribution in [3.63, 3.8) is 0 Å². The van der Waals surface area contributed by atoms with E-state index in [0.29, 0.717) is 0 Å². The van der Waals surface area contributed by atoms with Crippen molar-refractivity contribution in [3.05, 3.63) is 6.33 Å². The molecule has 186 valence electrons. The molecule has 0 aliphatic carbocycles. The number of aliphatic hydroxyl groups is 1. The number of anilines is 2. The van der Waals surface area contributed by atoms with E-state index in [9.17, 15) is 28.6 Å². The maximum absolute atomic E-state index is 11.9. The van der Waals surface area contributed by atoms with Crippen LogP contribution in [0.3, 0.4) is 0 Å². The normalized spacial score (nSPS) is 27.5. The number of methoxy groups -OCH3 is 1. The van der Waals surface area contributed by atoms with Gasteiger partial charge < -0.3 is 45.6 Å². The van der Waals surface area contributed by atoms with Gasteiger partial charge in [-0.1, -0.05) is 0 Å². The zero-order valence-corrected chi connectivity index (χ0v) is 19.1. The number of rotatable bonds is 9. The molecule has 0 spiro atoms. The van der Waals surface area contributed by atoms with E-state index < -0.39 is 54.6 Å². The van der Waals surface area contributed by atoms with Crippen LogP contribution in [0, 0.1) is 0 Å². The summed E-state index contributed by atoms with van der Waals surface area (Å²) in [6, 6.07) is 0. The molecule has 0 bridgehead atoms. The zero-order chi connectivity index (χ0) is 24.8. The molecule has 1 aliphatic rings. The highest BCUT2D eigenvalue weighted by Crippen LogP contribution is 2.66. The third kappa shape index (κ3) is 6.12. The molecule has 9 N–H and O–H groups in total. The van der Waals surface area contributed by atoms with Crippen LogP contribution in [0.2, 0.25) is 0 Å². The zero-order valence-electron chi connectivity index (χ0n) is 16.4. The number of aromatic nitrogens is 4. The van der Waals surface area contributed by atoms with Crippen LogP contribution >= 0.6 is 23.5 Å². The molecule has 0 amide bonds. The third-order valence-corrected chi connectivity index (χ3v) is 7.94. The molecule has 22 heteroatoms. The van der Waals surface area contributed by atoms with Crippen molar-refractivity contribution in [2.24, 2.45) is 0 Å². The fourth-order valence-corrected chi connectivity index (χ4v) is 6.02. The summed E-state index contributed by atoms with van der Waals surface area (Å²) in [6.45, 7) is -0.846. The number of aliphatic hydroxyl groups excluding tert-OH is 1. The molecule has 2 aromatic rings. The summed E-state index contributed by atoms with van der Waals surface area (Å²) in [5.41, 5.74) is 11.6. The number of ether oxygens (including phenoxy) is 2. The minimum absolute atomic E-state index is 0.0313. The Morgan fingerprint density at radius 3 is 2.39 bits per heavy atom. The van der Waals surface area contributed by atoms with Crippen molar-refractivity contribution in [2.45, 2.75) is 24.5 Å². The molecule has 6 unspecified atom stereocenters. The fraction of sp³-hybridized carbons (Fsp3) is 0.545. The molecule has 3 rings (SSSR count). The summed E-state index contributed by atoms with van der Waals surface area (Å²) < 4.78 is 57.9. The van der Waals surface area contributed by atoms with Crippen LogP contribution in [0.4, 0.5) is 11.8 Å². The average molecular weight is 536 g/mol. The quantitative estimate of drug-likeness (QED) is 0.181. The number of hydrogen-bond donors (Lipinski definition) is 7. The van der Waals surface area contributed by atoms with Gasteiger partial charge in [0, 0.05) is 7.11 Å². The van der Waals surface area contributed by atoms with Crippen LogP contribution in [0.25, 0.3) is 11.2 Å². The second-order valence-corrected chi connectivity index (χ2v) is 10.9. The van der Waals surface area contributed by atoms with Crippen LogP contribution in [0.1, 0.15) is 6.23 Å². The van der Waals surface area contributed by atoms with Gasteiger partial charge in [0.15, 0.2) is 17.7 Å². The molecule has 3 heterocycles. The Balaban J connectivity index is 1.76. The second-order valence-electron chi connectivity index (χ2n) is 6.43. The highest BCUT2D eigenvalue weighted by atomic mass is 31.3. The molecular formula is C11H19N6O13P3. The Kier molecular flexibility index (Phi) is 7.29. The van der Waals surface area contributed by atoms with Crippen LogP contribution in [0.5, 0.6) is 0 Å². The van der Waals surface area contributed by atoms with Gasteiger partial charge in [-0.25, -0.2) is 18.7 Å². The van der Waals surface area contributed by atoms with Crippen molar-refractivity contribution >= 4 is 46.4 Å². The van der Waals surface area contributed by atoms with E-state index in [1.54, 1.807) is 0 Å². The standard InChI is InChI=1S/C11H19N6O13P3/c1-26-7-4(2-27-32(22,23)30-33(24,25)29-31(19,20)21)28-10(6(7)18)17-3-14-5-8(12)15-11(13)16-9(5)17/h3-4,6-7,10,18H,2H2,1H3,(H,22,23)(H,24,25)(H2,19,20,21)(H4,12,13,15,16). The number of hydrogen-bond acceptors (Lipinski definition) is 14. The van der Waals surface area contributed by atoms with Gasteiger partial charge in [0.2, 0.25) is 5.95 Å². The summed E-state index contributed by atoms with van der Waals surface area (Å²) in [4.78, 5) is 47.7. The Morgan fingerprint density at radius 2 is 1.79 bits per heavy atom. The van der Waals surface area contributed by atoms with Gasteiger partial charge in [-0.15, -0.1) is 0 Å². The van der Waals surface area contributed by atoms with Crippen LogP contribution in [-0.4, -0.2) is 76.2 Å². The fourth-order valence-electron chi connectivity index (χ4n) is 2.99. The SMILES string of the molecule is COC1C(COP(=O)(O)OP(=O)(O)OP(=O)(O)O)OC(n2cnc3c(N)nc(N)nc32)C1O. The molecule has 33 heavy (non-hydrogen) atoms. The highest BCUT2D eigenvalue weighted by molar-refractivity contribution is 7.66. The lowest BCUT2D eigenvalue weighted by Gasteiger charge is -2.20. The highest BCUT2D eigenvalue weighted by Gasteiger charge is 2.48. The van der Waals surface area contributed by atoms with Crippen molar-refractivity contribution < 1.29 is 61.0 Å². The van der Waals surface area contributed by atoms with E-state index >= 15 is 0 Å². The summed E-state index contributed by atoms with van der Waals surface area (Å²) in [7, 11) is -15.4. The lowest BCUT2D eigenvalue weighted by atomic mass is 10.1. The maximum atomic E-state index is 11.9. The van der Waals surface area contributed by atoms with Gasteiger partial charge in [-0.3, -0.25) is 9.09 Å². The number of nitrogens with zero attached hydrogens (tertiary/aromatic N) is 4. The molecule has 1 fully saturated rings. The minimum atomic E-state index is -5.69. The second kappa shape index (κ2) is 9.24. The van der Waals surface area contributed by atoms with Gasteiger partial charge in [-0.05, 0) is 0 Å². The van der Waals surface area contributed by atoms with Crippen molar-refractivity contribution in [1.82, 2.24) is 19.5 Å². The molecule has 2 aromatic heterocycles. The third-order valence-electron chi connectivity index (χ3n) is 4.14. The molecule has 0 radical (unpaired) electrons. The van der Waals surface area contributed by atoms with Gasteiger partial charge in [-0.2, -0.15) is 18.6 Å². The number of fused-ring (bicyclic) bond motifs is 1. The van der Waals surface area contributed by atoms with Crippen molar-refractivity contribution in [3.8, 4) is 0 Å². The predicted molar refractivity (Wildman–Crippen MR) is 105 cm³/mol. The Labute approximate surface area is 183 Å². The van der Waals surface area contributed by atoms with Crippen molar-refractivity contribution in [1.29, 1.82) is 0 Å². The number of nitrogen functional groups attached to an aromatic ring is 2. The predicted octanol–water partition coefficient (Wildman–Crippen LogP) is -1.39. The summed E-state index contributed by atoms with van der Waals surface area (Å²) in [6.07, 6.45) is -3.81. The van der Waals surface area contributed by atoms with E-state index in [-0.39, 0.29) is 22.9 Å². The molecule has 6 atom stereocenters. The van der Waals surface area contributed by atoms with Gasteiger partial charge >= 0.3 is 23.5 Å². The number of imidazole rings is 1. The van der Waals surface area contributed by atoms with Gasteiger partial charge in [0.05, 0.1) is 12.9 Å². The molecule has 1 saturated heterocycles. The first-order valence-electron chi connectivity index (χ1n) is 8.52. The number of phosphoric ester groups is 1. The molecule has 1 aliphatic heterocycles. The lowest BCUT2D eigenvalue weighted by Crippen LogP contribution is -2.35. The van der Waals surface area contributed by atoms with E-state index in [1.807, 2.05) is 0 Å². The average Bonchev–Trinajstić information content (AvgIpc) is 3.17. The van der Waals surface area contributed by atoms with E-state index in [0.717, 1.165) is 0 Å². The summed E-state index contributed by atoms with van der Waals surface area (Å²) in [5.74, 6) is -0.210. The van der Waals surface area contributed by atoms with Gasteiger partial charge in [0.25, 0.3) is 0 Å². The Hall–Kier alpha value is -1.56. The smallest absolute Gasteiger partial charge is 0.386 e. The topological polar surface area (TPSA) is 294 Å². The first kappa shape index (κ1) is 26.1. The van der Waals surface area contributed by atoms with E-state index in [2.05, 4.69) is 28.1 Å². The van der Waals surface area contributed by atoms with E-state index in [4.69, 9.17) is 30.7 Å². The summed E-state index contributed by atoms with van der Waals surface area (Å²) in [5, 5.41) is 10.6. The van der Waals surface area contributed by atoms with Crippen LogP contribution < -0.4 is 11.5 Å². The Morgan fingerprint density at radius 1 is 1.12 bits per heavy atom.